The van der Waals surface area contributed by atoms with Crippen LogP contribution in [-0.2, 0) is 11.2 Å². The van der Waals surface area contributed by atoms with Gasteiger partial charge in [-0.25, -0.2) is 4.79 Å². The van der Waals surface area contributed by atoms with Crippen molar-refractivity contribution >= 4 is 6.16 Å². The van der Waals surface area contributed by atoms with Crippen LogP contribution in [-0.4, -0.2) is 12.3 Å². The molecule has 3 nitrogen and oxygen atoms in total. The van der Waals surface area contributed by atoms with Crippen LogP contribution in [0.4, 0.5) is 4.79 Å². The minimum atomic E-state index is -0.639. The fraction of sp³-hybridized carbons (Fsp3) is 0.533. The van der Waals surface area contributed by atoms with Crippen LogP contribution >= 0.6 is 0 Å². The Labute approximate surface area is 109 Å². The van der Waals surface area contributed by atoms with Gasteiger partial charge in [-0.3, -0.25) is 0 Å². The zero-order chi connectivity index (χ0) is 13.5. The molecule has 0 aliphatic carbocycles. The maximum absolute atomic E-state index is 11.5. The number of aryl methyl sites for hydroxylation is 1. The summed E-state index contributed by atoms with van der Waals surface area (Å²) in [6.45, 7) is 7.99. The first kappa shape index (κ1) is 14.6. The van der Waals surface area contributed by atoms with Crippen LogP contribution in [0.2, 0.25) is 0 Å². The molecule has 3 heteroatoms. The quantitative estimate of drug-likeness (QED) is 0.580. The third-order valence-corrected chi connectivity index (χ3v) is 2.88. The topological polar surface area (TPSA) is 35.5 Å². The molecule has 100 valence electrons. The Hall–Kier alpha value is -1.51. The molecule has 0 heterocycles. The van der Waals surface area contributed by atoms with E-state index in [0.717, 1.165) is 12.8 Å². The predicted octanol–water partition coefficient (Wildman–Crippen LogP) is 4.20. The summed E-state index contributed by atoms with van der Waals surface area (Å²) < 4.78 is 10.2. The second-order valence-corrected chi connectivity index (χ2v) is 4.81. The third-order valence-electron chi connectivity index (χ3n) is 2.88. The van der Waals surface area contributed by atoms with E-state index in [1.54, 1.807) is 12.1 Å². The molecule has 18 heavy (non-hydrogen) atoms. The SMILES string of the molecule is CCCc1ccc(OC(=O)OC(C)C(C)C)cc1. The molecule has 0 aromatic heterocycles. The van der Waals surface area contributed by atoms with E-state index in [9.17, 15) is 4.79 Å². The van der Waals surface area contributed by atoms with Crippen LogP contribution in [0.1, 0.15) is 39.7 Å². The van der Waals surface area contributed by atoms with E-state index < -0.39 is 6.16 Å². The van der Waals surface area contributed by atoms with Crippen LogP contribution in [0, 0.1) is 5.92 Å². The van der Waals surface area contributed by atoms with Gasteiger partial charge in [-0.1, -0.05) is 39.3 Å². The Balaban J connectivity index is 2.49. The molecular formula is C15H22O3. The number of rotatable bonds is 5. The van der Waals surface area contributed by atoms with E-state index in [2.05, 4.69) is 6.92 Å². The lowest BCUT2D eigenvalue weighted by Gasteiger charge is -2.16. The van der Waals surface area contributed by atoms with Crippen molar-refractivity contribution in [3.8, 4) is 5.75 Å². The highest BCUT2D eigenvalue weighted by molar-refractivity contribution is 5.64. The fourth-order valence-corrected chi connectivity index (χ4v) is 1.42. The highest BCUT2D eigenvalue weighted by Gasteiger charge is 2.14. The van der Waals surface area contributed by atoms with Gasteiger partial charge in [-0.15, -0.1) is 0 Å². The number of ether oxygens (including phenoxy) is 2. The molecule has 0 radical (unpaired) electrons. The largest absolute Gasteiger partial charge is 0.514 e. The second kappa shape index (κ2) is 7.04. The van der Waals surface area contributed by atoms with Gasteiger partial charge in [0.05, 0.1) is 0 Å². The first-order valence-corrected chi connectivity index (χ1v) is 6.50. The average molecular weight is 250 g/mol. The van der Waals surface area contributed by atoms with Crippen LogP contribution in [0.5, 0.6) is 5.75 Å². The molecule has 0 aliphatic rings. The number of carbonyl (C=O) groups is 1. The molecule has 0 saturated carbocycles. The monoisotopic (exact) mass is 250 g/mol. The smallest absolute Gasteiger partial charge is 0.431 e. The molecule has 1 unspecified atom stereocenters. The second-order valence-electron chi connectivity index (χ2n) is 4.81. The lowest BCUT2D eigenvalue weighted by Crippen LogP contribution is -2.22. The summed E-state index contributed by atoms with van der Waals surface area (Å²) in [5.41, 5.74) is 1.24. The maximum atomic E-state index is 11.5. The Bertz CT molecular complexity index is 368. The number of hydrogen-bond acceptors (Lipinski definition) is 3. The van der Waals surface area contributed by atoms with Crippen LogP contribution in [0.3, 0.4) is 0 Å². The number of benzene rings is 1. The Kier molecular flexibility index (Phi) is 5.69. The molecule has 0 fully saturated rings. The molecule has 0 N–H and O–H groups in total. The standard InChI is InChI=1S/C15H22O3/c1-5-6-13-7-9-14(10-8-13)18-15(16)17-12(4)11(2)3/h7-12H,5-6H2,1-4H3. The maximum Gasteiger partial charge on any atom is 0.514 e. The Morgan fingerprint density at radius 1 is 1.17 bits per heavy atom. The van der Waals surface area contributed by atoms with Gasteiger partial charge in [0.25, 0.3) is 0 Å². The minimum absolute atomic E-state index is 0.142. The highest BCUT2D eigenvalue weighted by atomic mass is 16.7. The van der Waals surface area contributed by atoms with Crippen molar-refractivity contribution < 1.29 is 14.3 Å². The Morgan fingerprint density at radius 3 is 2.28 bits per heavy atom. The van der Waals surface area contributed by atoms with Gasteiger partial charge < -0.3 is 9.47 Å². The van der Waals surface area contributed by atoms with E-state index in [-0.39, 0.29) is 12.0 Å². The number of hydrogen-bond donors (Lipinski definition) is 0. The van der Waals surface area contributed by atoms with Crippen molar-refractivity contribution in [3.63, 3.8) is 0 Å². The highest BCUT2D eigenvalue weighted by Crippen LogP contribution is 2.15. The first-order valence-electron chi connectivity index (χ1n) is 6.50. The van der Waals surface area contributed by atoms with E-state index >= 15 is 0 Å². The summed E-state index contributed by atoms with van der Waals surface area (Å²) >= 11 is 0. The van der Waals surface area contributed by atoms with Crippen molar-refractivity contribution in [2.45, 2.75) is 46.6 Å². The molecule has 1 aromatic carbocycles. The molecule has 0 saturated heterocycles. The van der Waals surface area contributed by atoms with Gasteiger partial charge in [0.1, 0.15) is 11.9 Å². The number of carbonyl (C=O) groups excluding carboxylic acids is 1. The van der Waals surface area contributed by atoms with Crippen LogP contribution in [0.15, 0.2) is 24.3 Å². The van der Waals surface area contributed by atoms with Crippen molar-refractivity contribution in [2.24, 2.45) is 5.92 Å². The van der Waals surface area contributed by atoms with Crippen LogP contribution < -0.4 is 4.74 Å². The summed E-state index contributed by atoms with van der Waals surface area (Å²) in [6, 6.07) is 7.54. The molecule has 1 rings (SSSR count). The van der Waals surface area contributed by atoms with Crippen molar-refractivity contribution in [3.05, 3.63) is 29.8 Å². The fourth-order valence-electron chi connectivity index (χ4n) is 1.42. The van der Waals surface area contributed by atoms with E-state index in [1.807, 2.05) is 32.9 Å². The Morgan fingerprint density at radius 2 is 1.78 bits per heavy atom. The van der Waals surface area contributed by atoms with Gasteiger partial charge >= 0.3 is 6.16 Å². The summed E-state index contributed by atoms with van der Waals surface area (Å²) in [7, 11) is 0. The lowest BCUT2D eigenvalue weighted by molar-refractivity contribution is 0.0466. The van der Waals surface area contributed by atoms with Crippen LogP contribution in [0.25, 0.3) is 0 Å². The van der Waals surface area contributed by atoms with Gasteiger partial charge in [-0.05, 0) is 37.0 Å². The zero-order valence-electron chi connectivity index (χ0n) is 11.6. The lowest BCUT2D eigenvalue weighted by atomic mass is 10.1. The van der Waals surface area contributed by atoms with Gasteiger partial charge in [0, 0.05) is 0 Å². The third kappa shape index (κ3) is 4.78. The van der Waals surface area contributed by atoms with Gasteiger partial charge in [-0.2, -0.15) is 0 Å². The zero-order valence-corrected chi connectivity index (χ0v) is 11.6. The van der Waals surface area contributed by atoms with Gasteiger partial charge in [0.15, 0.2) is 0 Å². The molecule has 0 bridgehead atoms. The van der Waals surface area contributed by atoms with Crippen molar-refractivity contribution in [1.29, 1.82) is 0 Å². The van der Waals surface area contributed by atoms with Gasteiger partial charge in [0.2, 0.25) is 0 Å². The first-order chi connectivity index (χ1) is 8.52. The average Bonchev–Trinajstić information content (AvgIpc) is 2.31. The summed E-state index contributed by atoms with van der Waals surface area (Å²) in [6.07, 6.45) is 1.36. The summed E-state index contributed by atoms with van der Waals surface area (Å²) in [5, 5.41) is 0. The molecule has 0 spiro atoms. The molecule has 1 aromatic rings. The summed E-state index contributed by atoms with van der Waals surface area (Å²) in [5.74, 6) is 0.806. The van der Waals surface area contributed by atoms with E-state index in [0.29, 0.717) is 5.75 Å². The molecule has 1 atom stereocenters. The van der Waals surface area contributed by atoms with Crippen molar-refractivity contribution in [1.82, 2.24) is 0 Å². The normalized spacial score (nSPS) is 12.3. The molecular weight excluding hydrogens is 228 g/mol. The molecule has 0 amide bonds. The minimum Gasteiger partial charge on any atom is -0.431 e. The summed E-state index contributed by atoms with van der Waals surface area (Å²) in [4.78, 5) is 11.5. The van der Waals surface area contributed by atoms with E-state index in [1.165, 1.54) is 5.56 Å². The molecule has 0 aliphatic heterocycles. The van der Waals surface area contributed by atoms with E-state index in [4.69, 9.17) is 9.47 Å². The predicted molar refractivity (Wildman–Crippen MR) is 71.8 cm³/mol. The van der Waals surface area contributed by atoms with Crippen molar-refractivity contribution in [2.75, 3.05) is 0 Å².